The smallest absolute Gasteiger partial charge is 0.00258 e. The Kier molecular flexibility index (Phi) is 7.47. The van der Waals surface area contributed by atoms with E-state index in [1.165, 1.54) is 98.5 Å². The topological polar surface area (TPSA) is 0 Å². The fraction of sp³-hybridized carbons (Fsp3) is 0.533. The van der Waals surface area contributed by atoms with E-state index in [9.17, 15) is 0 Å². The number of hydrogen-bond donors (Lipinski definition) is 0. The van der Waals surface area contributed by atoms with Crippen LogP contribution in [0.2, 0.25) is 0 Å². The van der Waals surface area contributed by atoms with Gasteiger partial charge in [0.25, 0.3) is 0 Å². The van der Waals surface area contributed by atoms with Crippen molar-refractivity contribution in [2.45, 2.75) is 84.0 Å². The number of rotatable bonds is 7. The Morgan fingerprint density at radius 2 is 1.00 bits per heavy atom. The summed E-state index contributed by atoms with van der Waals surface area (Å²) in [7, 11) is 0. The molecule has 0 aromatic heterocycles. The van der Waals surface area contributed by atoms with Gasteiger partial charge in [-0.05, 0) is 97.8 Å². The summed E-state index contributed by atoms with van der Waals surface area (Å²) in [6.45, 7) is 6.50. The molecule has 160 valence electrons. The maximum atomic E-state index is 4.15. The van der Waals surface area contributed by atoms with Crippen molar-refractivity contribution >= 4 is 0 Å². The van der Waals surface area contributed by atoms with Crippen molar-refractivity contribution in [3.05, 3.63) is 82.9 Å². The van der Waals surface area contributed by atoms with Crippen LogP contribution in [0.4, 0.5) is 0 Å². The molecule has 2 aromatic rings. The van der Waals surface area contributed by atoms with Gasteiger partial charge in [0.15, 0.2) is 0 Å². The molecule has 0 unspecified atom stereocenters. The van der Waals surface area contributed by atoms with Crippen LogP contribution in [0.3, 0.4) is 0 Å². The molecule has 0 amide bonds. The fourth-order valence-corrected chi connectivity index (χ4v) is 5.62. The van der Waals surface area contributed by atoms with Gasteiger partial charge in [0, 0.05) is 0 Å². The van der Waals surface area contributed by atoms with Gasteiger partial charge in [0.1, 0.15) is 0 Å². The van der Waals surface area contributed by atoms with Crippen molar-refractivity contribution < 1.29 is 0 Å². The normalized spacial score (nSPS) is 22.9. The van der Waals surface area contributed by atoms with E-state index in [-0.39, 0.29) is 0 Å². The molecule has 0 spiro atoms. The second kappa shape index (κ2) is 10.5. The summed E-state index contributed by atoms with van der Waals surface area (Å²) in [4.78, 5) is 0. The molecular formula is C30H40. The van der Waals surface area contributed by atoms with Gasteiger partial charge in [-0.25, -0.2) is 0 Å². The van der Waals surface area contributed by atoms with Crippen LogP contribution in [-0.2, 0) is 19.3 Å². The molecule has 2 aromatic carbocycles. The Hall–Kier alpha value is -1.82. The standard InChI is InChI=1S/C30H40/c1-3-24-8-10-26(11-9-24)21-28-16-18-30(19-17-28)22-29-14-12-27(13-15-29)20-25-6-4-23(2)5-7-25/h12-19,24-26H,2-11,20-22H2,1H3. The van der Waals surface area contributed by atoms with Crippen molar-refractivity contribution in [3.63, 3.8) is 0 Å². The first-order valence-electron chi connectivity index (χ1n) is 12.5. The Morgan fingerprint density at radius 3 is 1.47 bits per heavy atom. The average Bonchev–Trinajstić information content (AvgIpc) is 2.78. The predicted molar refractivity (Wildman–Crippen MR) is 130 cm³/mol. The third kappa shape index (κ3) is 6.10. The molecule has 0 aliphatic heterocycles. The van der Waals surface area contributed by atoms with E-state index in [4.69, 9.17) is 0 Å². The summed E-state index contributed by atoms with van der Waals surface area (Å²) < 4.78 is 0. The minimum absolute atomic E-state index is 0.853. The SMILES string of the molecule is C=C1CCC(Cc2ccc(Cc3ccc(CC4CCC(CC)CC4)cc3)cc2)CC1. The lowest BCUT2D eigenvalue weighted by Crippen LogP contribution is -2.15. The first kappa shape index (κ1) is 21.4. The Bertz CT molecular complexity index is 777. The zero-order chi connectivity index (χ0) is 20.8. The lowest BCUT2D eigenvalue weighted by atomic mass is 9.78. The van der Waals surface area contributed by atoms with E-state index < -0.39 is 0 Å². The molecule has 0 nitrogen and oxygen atoms in total. The minimum Gasteiger partial charge on any atom is -0.0999 e. The highest BCUT2D eigenvalue weighted by atomic mass is 14.3. The van der Waals surface area contributed by atoms with E-state index >= 15 is 0 Å². The Labute approximate surface area is 184 Å². The van der Waals surface area contributed by atoms with Gasteiger partial charge in [-0.15, -0.1) is 0 Å². The Morgan fingerprint density at radius 1 is 0.600 bits per heavy atom. The number of benzene rings is 2. The summed E-state index contributed by atoms with van der Waals surface area (Å²) in [5.74, 6) is 2.76. The third-order valence-electron chi connectivity index (χ3n) is 7.86. The van der Waals surface area contributed by atoms with E-state index in [2.05, 4.69) is 62.0 Å². The molecule has 2 aliphatic rings. The van der Waals surface area contributed by atoms with Crippen molar-refractivity contribution in [1.29, 1.82) is 0 Å². The molecule has 4 rings (SSSR count). The van der Waals surface area contributed by atoms with E-state index in [1.54, 1.807) is 0 Å². The quantitative estimate of drug-likeness (QED) is 0.410. The molecule has 0 atom stereocenters. The molecule has 0 bridgehead atoms. The van der Waals surface area contributed by atoms with Gasteiger partial charge in [0.05, 0.1) is 0 Å². The average molecular weight is 401 g/mol. The second-order valence-corrected chi connectivity index (χ2v) is 10.2. The molecule has 0 heterocycles. The fourth-order valence-electron chi connectivity index (χ4n) is 5.62. The number of allylic oxidation sites excluding steroid dienone is 1. The largest absolute Gasteiger partial charge is 0.0999 e. The van der Waals surface area contributed by atoms with Gasteiger partial charge in [-0.2, -0.15) is 0 Å². The van der Waals surface area contributed by atoms with Crippen LogP contribution < -0.4 is 0 Å². The van der Waals surface area contributed by atoms with Gasteiger partial charge < -0.3 is 0 Å². The predicted octanol–water partition coefficient (Wildman–Crippen LogP) is 8.33. The number of hydrogen-bond acceptors (Lipinski definition) is 0. The summed E-state index contributed by atoms with van der Waals surface area (Å²) in [6, 6.07) is 18.9. The van der Waals surface area contributed by atoms with Gasteiger partial charge >= 0.3 is 0 Å². The summed E-state index contributed by atoms with van der Waals surface area (Å²) in [5.41, 5.74) is 7.36. The molecule has 30 heavy (non-hydrogen) atoms. The van der Waals surface area contributed by atoms with Crippen LogP contribution in [0.15, 0.2) is 60.7 Å². The lowest BCUT2D eigenvalue weighted by molar-refractivity contribution is 0.268. The van der Waals surface area contributed by atoms with Crippen LogP contribution in [0, 0.1) is 17.8 Å². The van der Waals surface area contributed by atoms with Gasteiger partial charge in [0.2, 0.25) is 0 Å². The second-order valence-electron chi connectivity index (χ2n) is 10.2. The van der Waals surface area contributed by atoms with E-state index in [0.717, 1.165) is 24.2 Å². The van der Waals surface area contributed by atoms with Gasteiger partial charge in [-0.1, -0.05) is 86.9 Å². The maximum absolute atomic E-state index is 4.15. The minimum atomic E-state index is 0.853. The van der Waals surface area contributed by atoms with Crippen LogP contribution in [0.5, 0.6) is 0 Å². The third-order valence-corrected chi connectivity index (χ3v) is 7.86. The zero-order valence-corrected chi connectivity index (χ0v) is 19.0. The highest BCUT2D eigenvalue weighted by Crippen LogP contribution is 2.33. The summed E-state index contributed by atoms with van der Waals surface area (Å²) >= 11 is 0. The van der Waals surface area contributed by atoms with Crippen molar-refractivity contribution in [2.75, 3.05) is 0 Å². The summed E-state index contributed by atoms with van der Waals surface area (Å²) in [6.07, 6.45) is 15.8. The highest BCUT2D eigenvalue weighted by molar-refractivity contribution is 5.31. The van der Waals surface area contributed by atoms with Crippen LogP contribution in [-0.4, -0.2) is 0 Å². The molecule has 2 fully saturated rings. The molecule has 0 N–H and O–H groups in total. The molecule has 0 radical (unpaired) electrons. The molecule has 0 saturated heterocycles. The molecule has 2 saturated carbocycles. The lowest BCUT2D eigenvalue weighted by Gasteiger charge is -2.27. The van der Waals surface area contributed by atoms with Crippen molar-refractivity contribution in [2.24, 2.45) is 17.8 Å². The first-order valence-corrected chi connectivity index (χ1v) is 12.5. The molecule has 0 heteroatoms. The summed E-state index contributed by atoms with van der Waals surface area (Å²) in [5, 5.41) is 0. The zero-order valence-electron chi connectivity index (χ0n) is 19.0. The molecule has 2 aliphatic carbocycles. The Balaban J connectivity index is 1.25. The highest BCUT2D eigenvalue weighted by Gasteiger charge is 2.20. The van der Waals surface area contributed by atoms with Crippen LogP contribution in [0.1, 0.15) is 87.0 Å². The monoisotopic (exact) mass is 400 g/mol. The molecular weight excluding hydrogens is 360 g/mol. The van der Waals surface area contributed by atoms with Gasteiger partial charge in [-0.3, -0.25) is 0 Å². The van der Waals surface area contributed by atoms with Crippen LogP contribution in [0.25, 0.3) is 0 Å². The van der Waals surface area contributed by atoms with Crippen LogP contribution >= 0.6 is 0 Å². The van der Waals surface area contributed by atoms with Crippen molar-refractivity contribution in [3.8, 4) is 0 Å². The van der Waals surface area contributed by atoms with E-state index in [0.29, 0.717) is 0 Å². The van der Waals surface area contributed by atoms with Crippen molar-refractivity contribution in [1.82, 2.24) is 0 Å². The first-order chi connectivity index (χ1) is 14.7. The maximum Gasteiger partial charge on any atom is -0.00258 e. The van der Waals surface area contributed by atoms with E-state index in [1.807, 2.05) is 0 Å².